The first kappa shape index (κ1) is 15.5. The summed E-state index contributed by atoms with van der Waals surface area (Å²) in [6, 6.07) is 7.93. The molecule has 0 aromatic heterocycles. The van der Waals surface area contributed by atoms with E-state index in [1.807, 2.05) is 19.1 Å². The number of hydrogen-bond donors (Lipinski definition) is 1. The summed E-state index contributed by atoms with van der Waals surface area (Å²) in [7, 11) is 0. The molecule has 1 saturated carbocycles. The van der Waals surface area contributed by atoms with Gasteiger partial charge in [-0.25, -0.2) is 4.39 Å². The molecule has 0 amide bonds. The average Bonchev–Trinajstić information content (AvgIpc) is 2.38. The van der Waals surface area contributed by atoms with E-state index in [0.29, 0.717) is 23.9 Å². The molecule has 20 heavy (non-hydrogen) atoms. The van der Waals surface area contributed by atoms with Gasteiger partial charge in [0.05, 0.1) is 6.61 Å². The molecular weight excluding hydrogens is 253 g/mol. The fourth-order valence-corrected chi connectivity index (χ4v) is 2.74. The van der Waals surface area contributed by atoms with E-state index in [4.69, 9.17) is 4.74 Å². The molecule has 0 radical (unpaired) electrons. The molecule has 1 aliphatic carbocycles. The number of rotatable bonds is 7. The Hall–Kier alpha value is -0.930. The lowest BCUT2D eigenvalue weighted by Gasteiger charge is -2.39. The van der Waals surface area contributed by atoms with Crippen LogP contribution in [0.15, 0.2) is 24.3 Å². The van der Waals surface area contributed by atoms with E-state index >= 15 is 0 Å². The summed E-state index contributed by atoms with van der Waals surface area (Å²) in [5.74, 6) is 0.999. The van der Waals surface area contributed by atoms with E-state index in [1.54, 1.807) is 12.1 Å². The van der Waals surface area contributed by atoms with Gasteiger partial charge in [-0.1, -0.05) is 26.0 Å². The van der Waals surface area contributed by atoms with Crippen LogP contribution in [0, 0.1) is 11.7 Å². The fraction of sp³-hybridized carbons (Fsp3) is 0.647. The van der Waals surface area contributed by atoms with Crippen LogP contribution in [0.2, 0.25) is 0 Å². The molecule has 3 heteroatoms. The predicted octanol–water partition coefficient (Wildman–Crippen LogP) is 3.72. The van der Waals surface area contributed by atoms with Crippen molar-refractivity contribution in [3.63, 3.8) is 0 Å². The molecule has 2 rings (SSSR count). The summed E-state index contributed by atoms with van der Waals surface area (Å²) < 4.78 is 18.4. The smallest absolute Gasteiger partial charge is 0.123 e. The van der Waals surface area contributed by atoms with Crippen LogP contribution in [-0.4, -0.2) is 25.3 Å². The van der Waals surface area contributed by atoms with Gasteiger partial charge >= 0.3 is 0 Å². The quantitative estimate of drug-likeness (QED) is 0.821. The molecule has 1 aliphatic rings. The highest BCUT2D eigenvalue weighted by atomic mass is 19.1. The summed E-state index contributed by atoms with van der Waals surface area (Å²) in [6.45, 7) is 8.05. The van der Waals surface area contributed by atoms with Crippen molar-refractivity contribution in [3.8, 4) is 0 Å². The van der Waals surface area contributed by atoms with Crippen LogP contribution in [0.4, 0.5) is 4.39 Å². The third-order valence-electron chi connectivity index (χ3n) is 4.24. The minimum Gasteiger partial charge on any atom is -0.380 e. The van der Waals surface area contributed by atoms with E-state index in [9.17, 15) is 4.39 Å². The average molecular weight is 279 g/mol. The molecule has 1 aromatic rings. The van der Waals surface area contributed by atoms with Crippen molar-refractivity contribution in [2.45, 2.75) is 51.6 Å². The molecule has 1 aromatic carbocycles. The van der Waals surface area contributed by atoms with Gasteiger partial charge in [0.25, 0.3) is 0 Å². The Morgan fingerprint density at radius 3 is 2.45 bits per heavy atom. The van der Waals surface area contributed by atoms with Gasteiger partial charge in [0.2, 0.25) is 0 Å². The van der Waals surface area contributed by atoms with E-state index in [0.717, 1.165) is 26.1 Å². The summed E-state index contributed by atoms with van der Waals surface area (Å²) in [6.07, 6.45) is 2.28. The first-order chi connectivity index (χ1) is 9.60. The number of hydrogen-bond acceptors (Lipinski definition) is 2. The van der Waals surface area contributed by atoms with Gasteiger partial charge < -0.3 is 10.1 Å². The molecule has 1 unspecified atom stereocenters. The van der Waals surface area contributed by atoms with Gasteiger partial charge in [-0.05, 0) is 49.3 Å². The molecular formula is C17H26FNO. The Kier molecular flexibility index (Phi) is 5.55. The second kappa shape index (κ2) is 7.19. The zero-order valence-corrected chi connectivity index (χ0v) is 12.7. The van der Waals surface area contributed by atoms with E-state index in [-0.39, 0.29) is 5.82 Å². The van der Waals surface area contributed by atoms with Crippen LogP contribution in [0.3, 0.4) is 0 Å². The molecule has 112 valence electrons. The highest BCUT2D eigenvalue weighted by Crippen LogP contribution is 2.37. The third-order valence-corrected chi connectivity index (χ3v) is 4.24. The first-order valence-corrected chi connectivity index (χ1v) is 7.69. The standard InChI is InChI=1S/C17H26FNO/c1-4-20-11-17(12(2)3)19-16-9-14(10-16)13-5-7-15(18)8-6-13/h5-8,12,14,16-17,19H,4,9-11H2,1-3H3. The Bertz CT molecular complexity index is 398. The van der Waals surface area contributed by atoms with Crippen molar-refractivity contribution in [1.29, 1.82) is 0 Å². The van der Waals surface area contributed by atoms with Gasteiger partial charge in [0.15, 0.2) is 0 Å². The van der Waals surface area contributed by atoms with Crippen molar-refractivity contribution in [1.82, 2.24) is 5.32 Å². The molecule has 0 bridgehead atoms. The lowest BCUT2D eigenvalue weighted by molar-refractivity contribution is 0.0943. The van der Waals surface area contributed by atoms with E-state index in [1.165, 1.54) is 5.56 Å². The molecule has 2 nitrogen and oxygen atoms in total. The lowest BCUT2D eigenvalue weighted by Crippen LogP contribution is -2.49. The largest absolute Gasteiger partial charge is 0.380 e. The molecule has 0 aliphatic heterocycles. The number of ether oxygens (including phenoxy) is 1. The van der Waals surface area contributed by atoms with Crippen molar-refractivity contribution < 1.29 is 9.13 Å². The fourth-order valence-electron chi connectivity index (χ4n) is 2.74. The number of nitrogens with one attached hydrogen (secondary N) is 1. The van der Waals surface area contributed by atoms with Crippen LogP contribution in [0.5, 0.6) is 0 Å². The molecule has 0 saturated heterocycles. The molecule has 1 fully saturated rings. The van der Waals surface area contributed by atoms with Crippen LogP contribution < -0.4 is 5.32 Å². The first-order valence-electron chi connectivity index (χ1n) is 7.69. The van der Waals surface area contributed by atoms with E-state index < -0.39 is 0 Å². The summed E-state index contributed by atoms with van der Waals surface area (Å²) in [4.78, 5) is 0. The minimum atomic E-state index is -0.153. The minimum absolute atomic E-state index is 0.153. The zero-order chi connectivity index (χ0) is 14.5. The van der Waals surface area contributed by atoms with Crippen LogP contribution in [0.25, 0.3) is 0 Å². The summed E-state index contributed by atoms with van der Waals surface area (Å²) >= 11 is 0. The van der Waals surface area contributed by atoms with Gasteiger partial charge in [0, 0.05) is 18.7 Å². The van der Waals surface area contributed by atoms with Crippen molar-refractivity contribution in [2.24, 2.45) is 5.92 Å². The molecule has 1 atom stereocenters. The third kappa shape index (κ3) is 4.03. The highest BCUT2D eigenvalue weighted by molar-refractivity contribution is 5.23. The van der Waals surface area contributed by atoms with Crippen molar-refractivity contribution in [2.75, 3.05) is 13.2 Å². The molecule has 0 spiro atoms. The topological polar surface area (TPSA) is 21.3 Å². The monoisotopic (exact) mass is 279 g/mol. The summed E-state index contributed by atoms with van der Waals surface area (Å²) in [5, 5.41) is 3.70. The SMILES string of the molecule is CCOCC(NC1CC(c2ccc(F)cc2)C1)C(C)C. The van der Waals surface area contributed by atoms with E-state index in [2.05, 4.69) is 19.2 Å². The Morgan fingerprint density at radius 2 is 1.90 bits per heavy atom. The van der Waals surface area contributed by atoms with Crippen molar-refractivity contribution in [3.05, 3.63) is 35.6 Å². The van der Waals surface area contributed by atoms with Gasteiger partial charge in [-0.2, -0.15) is 0 Å². The second-order valence-electron chi connectivity index (χ2n) is 6.09. The predicted molar refractivity (Wildman–Crippen MR) is 80.4 cm³/mol. The van der Waals surface area contributed by atoms with Gasteiger partial charge in [-0.3, -0.25) is 0 Å². The number of benzene rings is 1. The van der Waals surface area contributed by atoms with Crippen molar-refractivity contribution >= 4 is 0 Å². The second-order valence-corrected chi connectivity index (χ2v) is 6.09. The Labute approximate surface area is 121 Å². The van der Waals surface area contributed by atoms with Gasteiger partial charge in [-0.15, -0.1) is 0 Å². The maximum absolute atomic E-state index is 12.9. The number of halogens is 1. The zero-order valence-electron chi connectivity index (χ0n) is 12.7. The Balaban J connectivity index is 1.78. The maximum atomic E-state index is 12.9. The maximum Gasteiger partial charge on any atom is 0.123 e. The lowest BCUT2D eigenvalue weighted by atomic mass is 9.75. The highest BCUT2D eigenvalue weighted by Gasteiger charge is 2.32. The normalized spacial score (nSPS) is 23.6. The molecule has 1 N–H and O–H groups in total. The van der Waals surface area contributed by atoms with Crippen LogP contribution in [0.1, 0.15) is 45.1 Å². The Morgan fingerprint density at radius 1 is 1.25 bits per heavy atom. The van der Waals surface area contributed by atoms with Crippen LogP contribution in [-0.2, 0) is 4.74 Å². The van der Waals surface area contributed by atoms with Gasteiger partial charge in [0.1, 0.15) is 5.82 Å². The van der Waals surface area contributed by atoms with Crippen LogP contribution >= 0.6 is 0 Å². The molecule has 0 heterocycles. The summed E-state index contributed by atoms with van der Waals surface area (Å²) in [5.41, 5.74) is 1.26.